The number of nitrogens with zero attached hydrogens (tertiary/aromatic N) is 1. The standard InChI is InChI=1S/C8H13N3O3/c9-2-5-1-7(12)11(3-5)6-4-14-10-8(6)13/h5-6H,1-4,9H2,(H,10,13)/t5?,6-/m1/s1. The monoisotopic (exact) mass is 199 g/mol. The molecule has 0 aliphatic carbocycles. The summed E-state index contributed by atoms with van der Waals surface area (Å²) < 4.78 is 0. The van der Waals surface area contributed by atoms with Crippen LogP contribution in [0.15, 0.2) is 0 Å². The molecule has 3 N–H and O–H groups in total. The van der Waals surface area contributed by atoms with Crippen molar-refractivity contribution < 1.29 is 14.4 Å². The van der Waals surface area contributed by atoms with Crippen molar-refractivity contribution in [1.82, 2.24) is 10.4 Å². The SMILES string of the molecule is NCC1CC(=O)N([C@@H]2CONC2=O)C1. The van der Waals surface area contributed by atoms with Crippen LogP contribution in [0, 0.1) is 5.92 Å². The maximum absolute atomic E-state index is 11.5. The summed E-state index contributed by atoms with van der Waals surface area (Å²) >= 11 is 0. The zero-order chi connectivity index (χ0) is 10.1. The Morgan fingerprint density at radius 2 is 2.36 bits per heavy atom. The molecule has 78 valence electrons. The molecular formula is C8H13N3O3. The maximum atomic E-state index is 11.5. The Morgan fingerprint density at radius 1 is 1.57 bits per heavy atom. The van der Waals surface area contributed by atoms with E-state index in [4.69, 9.17) is 10.6 Å². The molecule has 14 heavy (non-hydrogen) atoms. The van der Waals surface area contributed by atoms with Crippen molar-refractivity contribution in [3.63, 3.8) is 0 Å². The topological polar surface area (TPSA) is 84.7 Å². The van der Waals surface area contributed by atoms with Gasteiger partial charge in [0.25, 0.3) is 5.91 Å². The second-order valence-electron chi connectivity index (χ2n) is 3.65. The van der Waals surface area contributed by atoms with Crippen molar-refractivity contribution in [3.8, 4) is 0 Å². The summed E-state index contributed by atoms with van der Waals surface area (Å²) in [5.41, 5.74) is 7.72. The molecule has 2 heterocycles. The number of carbonyl (C=O) groups excluding carboxylic acids is 2. The van der Waals surface area contributed by atoms with Crippen LogP contribution in [0.2, 0.25) is 0 Å². The number of likely N-dealkylation sites (tertiary alicyclic amines) is 1. The van der Waals surface area contributed by atoms with Gasteiger partial charge in [0.2, 0.25) is 5.91 Å². The van der Waals surface area contributed by atoms with Gasteiger partial charge in [-0.1, -0.05) is 0 Å². The summed E-state index contributed by atoms with van der Waals surface area (Å²) in [6.07, 6.45) is 0.445. The maximum Gasteiger partial charge on any atom is 0.268 e. The first-order valence-corrected chi connectivity index (χ1v) is 4.63. The van der Waals surface area contributed by atoms with Gasteiger partial charge in [0.1, 0.15) is 12.6 Å². The molecule has 0 aromatic rings. The van der Waals surface area contributed by atoms with Gasteiger partial charge in [-0.3, -0.25) is 14.4 Å². The first kappa shape index (κ1) is 9.42. The molecule has 2 aliphatic heterocycles. The van der Waals surface area contributed by atoms with Crippen LogP contribution < -0.4 is 11.2 Å². The molecule has 2 aliphatic rings. The second-order valence-corrected chi connectivity index (χ2v) is 3.65. The largest absolute Gasteiger partial charge is 0.330 e. The van der Waals surface area contributed by atoms with E-state index in [1.807, 2.05) is 0 Å². The average molecular weight is 199 g/mol. The number of nitrogens with one attached hydrogen (secondary N) is 1. The second kappa shape index (κ2) is 3.55. The lowest BCUT2D eigenvalue weighted by atomic mass is 10.1. The molecule has 0 aromatic heterocycles. The fourth-order valence-corrected chi connectivity index (χ4v) is 1.83. The molecule has 6 heteroatoms. The van der Waals surface area contributed by atoms with Gasteiger partial charge in [0, 0.05) is 13.0 Å². The van der Waals surface area contributed by atoms with E-state index in [0.29, 0.717) is 19.5 Å². The first-order chi connectivity index (χ1) is 6.72. The third-order valence-electron chi connectivity index (χ3n) is 2.66. The fourth-order valence-electron chi connectivity index (χ4n) is 1.83. The fraction of sp³-hybridized carbons (Fsp3) is 0.750. The molecule has 0 bridgehead atoms. The highest BCUT2D eigenvalue weighted by molar-refractivity contribution is 5.89. The van der Waals surface area contributed by atoms with Gasteiger partial charge in [0.05, 0.1) is 0 Å². The van der Waals surface area contributed by atoms with Crippen molar-refractivity contribution in [2.24, 2.45) is 11.7 Å². The number of carbonyl (C=O) groups is 2. The minimum Gasteiger partial charge on any atom is -0.330 e. The summed E-state index contributed by atoms with van der Waals surface area (Å²) in [6, 6.07) is -0.459. The zero-order valence-electron chi connectivity index (χ0n) is 7.73. The van der Waals surface area contributed by atoms with Crippen molar-refractivity contribution in [1.29, 1.82) is 0 Å². The molecular weight excluding hydrogens is 186 g/mol. The van der Waals surface area contributed by atoms with Gasteiger partial charge < -0.3 is 10.6 Å². The van der Waals surface area contributed by atoms with Gasteiger partial charge >= 0.3 is 0 Å². The van der Waals surface area contributed by atoms with E-state index < -0.39 is 6.04 Å². The van der Waals surface area contributed by atoms with E-state index in [0.717, 1.165) is 0 Å². The lowest BCUT2D eigenvalue weighted by Crippen LogP contribution is -2.43. The highest BCUT2D eigenvalue weighted by atomic mass is 16.7. The molecule has 0 spiro atoms. The van der Waals surface area contributed by atoms with Crippen LogP contribution in [-0.2, 0) is 14.4 Å². The van der Waals surface area contributed by atoms with Crippen LogP contribution in [0.5, 0.6) is 0 Å². The molecule has 2 saturated heterocycles. The van der Waals surface area contributed by atoms with Gasteiger partial charge in [-0.15, -0.1) is 0 Å². The van der Waals surface area contributed by atoms with Crippen molar-refractivity contribution in [2.75, 3.05) is 19.7 Å². The van der Waals surface area contributed by atoms with E-state index in [-0.39, 0.29) is 24.3 Å². The zero-order valence-corrected chi connectivity index (χ0v) is 7.73. The van der Waals surface area contributed by atoms with Gasteiger partial charge in [-0.25, -0.2) is 5.48 Å². The minimum atomic E-state index is -0.459. The highest BCUT2D eigenvalue weighted by Gasteiger charge is 2.39. The Kier molecular flexibility index (Phi) is 2.39. The number of amides is 2. The van der Waals surface area contributed by atoms with E-state index >= 15 is 0 Å². The number of nitrogens with two attached hydrogens (primary N) is 1. The van der Waals surface area contributed by atoms with Crippen LogP contribution in [-0.4, -0.2) is 42.5 Å². The van der Waals surface area contributed by atoms with Crippen LogP contribution in [0.25, 0.3) is 0 Å². The van der Waals surface area contributed by atoms with E-state index in [2.05, 4.69) is 5.48 Å². The Bertz CT molecular complexity index is 269. The normalized spacial score (nSPS) is 32.5. The predicted octanol–water partition coefficient (Wildman–Crippen LogP) is -1.78. The molecule has 2 atom stereocenters. The van der Waals surface area contributed by atoms with Crippen molar-refractivity contribution in [2.45, 2.75) is 12.5 Å². The summed E-state index contributed by atoms with van der Waals surface area (Å²) in [4.78, 5) is 29.1. The lowest BCUT2D eigenvalue weighted by Gasteiger charge is -2.20. The molecule has 0 radical (unpaired) electrons. The van der Waals surface area contributed by atoms with Crippen LogP contribution >= 0.6 is 0 Å². The summed E-state index contributed by atoms with van der Waals surface area (Å²) in [7, 11) is 0. The van der Waals surface area contributed by atoms with Crippen molar-refractivity contribution in [3.05, 3.63) is 0 Å². The Morgan fingerprint density at radius 3 is 2.86 bits per heavy atom. The first-order valence-electron chi connectivity index (χ1n) is 4.63. The Labute approximate surface area is 81.3 Å². The number of rotatable bonds is 2. The van der Waals surface area contributed by atoms with Crippen LogP contribution in [0.3, 0.4) is 0 Å². The van der Waals surface area contributed by atoms with E-state index in [9.17, 15) is 9.59 Å². The molecule has 2 rings (SSSR count). The smallest absolute Gasteiger partial charge is 0.268 e. The Hall–Kier alpha value is -1.14. The van der Waals surface area contributed by atoms with Crippen LogP contribution in [0.4, 0.5) is 0 Å². The molecule has 2 fully saturated rings. The number of hydrogen-bond donors (Lipinski definition) is 2. The highest BCUT2D eigenvalue weighted by Crippen LogP contribution is 2.20. The van der Waals surface area contributed by atoms with Gasteiger partial charge in [-0.05, 0) is 12.5 Å². The van der Waals surface area contributed by atoms with Gasteiger partial charge in [-0.2, -0.15) is 0 Å². The third kappa shape index (κ3) is 1.46. The summed E-state index contributed by atoms with van der Waals surface area (Å²) in [6.45, 7) is 1.29. The number of hydrogen-bond acceptors (Lipinski definition) is 4. The number of hydroxylamine groups is 1. The molecule has 0 aromatic carbocycles. The van der Waals surface area contributed by atoms with E-state index in [1.165, 1.54) is 0 Å². The lowest BCUT2D eigenvalue weighted by molar-refractivity contribution is -0.135. The van der Waals surface area contributed by atoms with Crippen molar-refractivity contribution >= 4 is 11.8 Å². The summed E-state index contributed by atoms with van der Waals surface area (Å²) in [5.74, 6) is -0.0713. The Balaban J connectivity index is 2.04. The molecule has 1 unspecified atom stereocenters. The minimum absolute atomic E-state index is 0.00824. The van der Waals surface area contributed by atoms with E-state index in [1.54, 1.807) is 4.90 Å². The molecule has 2 amide bonds. The van der Waals surface area contributed by atoms with Gasteiger partial charge in [0.15, 0.2) is 0 Å². The quantitative estimate of drug-likeness (QED) is 0.551. The predicted molar refractivity (Wildman–Crippen MR) is 46.8 cm³/mol. The van der Waals surface area contributed by atoms with Crippen LogP contribution in [0.1, 0.15) is 6.42 Å². The third-order valence-corrected chi connectivity index (χ3v) is 2.66. The molecule has 0 saturated carbocycles. The average Bonchev–Trinajstić information content (AvgIpc) is 2.72. The summed E-state index contributed by atoms with van der Waals surface area (Å²) in [5, 5.41) is 0. The molecule has 6 nitrogen and oxygen atoms in total.